The van der Waals surface area contributed by atoms with E-state index >= 15 is 0 Å². The zero-order valence-electron chi connectivity index (χ0n) is 12.3. The fourth-order valence-corrected chi connectivity index (χ4v) is 2.02. The standard InChI is InChI=1S/C18H19N/c1-2-3-4-5-15-6-10-17(11-7-15)18-12-8-16(14-19)9-13-18/h6-13H,2-5H2,1H3/i5D. The molecule has 0 radical (unpaired) electrons. The number of nitrogens with zero attached hydrogens (tertiary/aromatic N) is 1. The molecule has 0 amide bonds. The third-order valence-corrected chi connectivity index (χ3v) is 3.20. The topological polar surface area (TPSA) is 23.8 Å². The molecular formula is C18H19N. The molecule has 0 saturated heterocycles. The second-order valence-corrected chi connectivity index (χ2v) is 4.66. The van der Waals surface area contributed by atoms with E-state index in [1.807, 2.05) is 36.4 Å². The zero-order valence-corrected chi connectivity index (χ0v) is 11.3. The summed E-state index contributed by atoms with van der Waals surface area (Å²) in [5.74, 6) is 0. The molecule has 0 aliphatic carbocycles. The smallest absolute Gasteiger partial charge is 0.0991 e. The van der Waals surface area contributed by atoms with Crippen LogP contribution in [0.3, 0.4) is 0 Å². The van der Waals surface area contributed by atoms with E-state index in [9.17, 15) is 0 Å². The number of nitriles is 1. The predicted octanol–water partition coefficient (Wildman–Crippen LogP) is 4.96. The Hall–Kier alpha value is -2.07. The van der Waals surface area contributed by atoms with Crippen molar-refractivity contribution >= 4 is 0 Å². The van der Waals surface area contributed by atoms with Gasteiger partial charge in [0.1, 0.15) is 0 Å². The molecule has 0 aliphatic heterocycles. The highest BCUT2D eigenvalue weighted by molar-refractivity contribution is 5.64. The Labute approximate surface area is 116 Å². The lowest BCUT2D eigenvalue weighted by Crippen LogP contribution is -1.86. The number of aryl methyl sites for hydroxylation is 1. The Morgan fingerprint density at radius 3 is 2.05 bits per heavy atom. The fraction of sp³-hybridized carbons (Fsp3) is 0.278. The van der Waals surface area contributed by atoms with Crippen LogP contribution in [0.5, 0.6) is 0 Å². The van der Waals surface area contributed by atoms with Crippen LogP contribution in [0, 0.1) is 11.3 Å². The van der Waals surface area contributed by atoms with Gasteiger partial charge in [0, 0.05) is 1.37 Å². The maximum Gasteiger partial charge on any atom is 0.0991 e. The maximum atomic E-state index is 8.80. The Balaban J connectivity index is 2.13. The van der Waals surface area contributed by atoms with Gasteiger partial charge in [-0.3, -0.25) is 0 Å². The van der Waals surface area contributed by atoms with Crippen molar-refractivity contribution in [3.05, 3.63) is 59.7 Å². The van der Waals surface area contributed by atoms with Gasteiger partial charge in [-0.15, -0.1) is 0 Å². The molecule has 96 valence electrons. The minimum Gasteiger partial charge on any atom is -0.192 e. The summed E-state index contributed by atoms with van der Waals surface area (Å²) in [4.78, 5) is 0. The summed E-state index contributed by atoms with van der Waals surface area (Å²) in [6, 6.07) is 17.9. The second-order valence-electron chi connectivity index (χ2n) is 4.66. The van der Waals surface area contributed by atoms with Crippen LogP contribution in [-0.4, -0.2) is 0 Å². The number of hydrogen-bond acceptors (Lipinski definition) is 1. The van der Waals surface area contributed by atoms with Gasteiger partial charge in [0.25, 0.3) is 0 Å². The lowest BCUT2D eigenvalue weighted by Gasteiger charge is -2.04. The van der Waals surface area contributed by atoms with Crippen molar-refractivity contribution in [2.75, 3.05) is 0 Å². The molecule has 1 heteroatoms. The Bertz CT molecular complexity index is 578. The average Bonchev–Trinajstić information content (AvgIpc) is 2.53. The van der Waals surface area contributed by atoms with Gasteiger partial charge in [0.05, 0.1) is 11.6 Å². The molecule has 2 rings (SSSR count). The molecule has 19 heavy (non-hydrogen) atoms. The van der Waals surface area contributed by atoms with E-state index in [0.717, 1.165) is 36.0 Å². The van der Waals surface area contributed by atoms with Crippen molar-refractivity contribution in [2.24, 2.45) is 0 Å². The first-order chi connectivity index (χ1) is 9.74. The predicted molar refractivity (Wildman–Crippen MR) is 79.8 cm³/mol. The van der Waals surface area contributed by atoms with Crippen LogP contribution in [0.1, 0.15) is 38.7 Å². The van der Waals surface area contributed by atoms with Gasteiger partial charge in [-0.05, 0) is 41.6 Å². The molecule has 0 saturated carbocycles. The van der Waals surface area contributed by atoms with Gasteiger partial charge in [-0.2, -0.15) is 5.26 Å². The maximum absolute atomic E-state index is 8.80. The van der Waals surface area contributed by atoms with Gasteiger partial charge >= 0.3 is 0 Å². The first-order valence-electron chi connectivity index (χ1n) is 7.35. The summed E-state index contributed by atoms with van der Waals surface area (Å²) >= 11 is 0. The Morgan fingerprint density at radius 1 is 0.947 bits per heavy atom. The highest BCUT2D eigenvalue weighted by atomic mass is 14.2. The molecule has 1 unspecified atom stereocenters. The molecule has 1 atom stereocenters. The lowest BCUT2D eigenvalue weighted by atomic mass is 10.0. The highest BCUT2D eigenvalue weighted by Crippen LogP contribution is 2.20. The fourth-order valence-electron chi connectivity index (χ4n) is 2.02. The van der Waals surface area contributed by atoms with Crippen LogP contribution in [0.2, 0.25) is 0 Å². The lowest BCUT2D eigenvalue weighted by molar-refractivity contribution is 0.717. The minimum atomic E-state index is -0.120. The van der Waals surface area contributed by atoms with E-state index in [0.29, 0.717) is 5.56 Å². The summed E-state index contributed by atoms with van der Waals surface area (Å²) < 4.78 is 8.11. The Morgan fingerprint density at radius 2 is 1.53 bits per heavy atom. The third-order valence-electron chi connectivity index (χ3n) is 3.20. The van der Waals surface area contributed by atoms with Crippen LogP contribution in [0.25, 0.3) is 11.1 Å². The molecule has 0 heterocycles. The van der Waals surface area contributed by atoms with E-state index < -0.39 is 0 Å². The normalized spacial score (nSPS) is 12.5. The van der Waals surface area contributed by atoms with E-state index in [1.165, 1.54) is 0 Å². The van der Waals surface area contributed by atoms with Gasteiger partial charge in [0.15, 0.2) is 0 Å². The van der Waals surface area contributed by atoms with E-state index in [-0.39, 0.29) is 6.40 Å². The molecule has 0 aliphatic rings. The first-order valence-corrected chi connectivity index (χ1v) is 6.77. The van der Waals surface area contributed by atoms with Crippen LogP contribution >= 0.6 is 0 Å². The van der Waals surface area contributed by atoms with Crippen LogP contribution in [0.15, 0.2) is 48.5 Å². The molecule has 0 bridgehead atoms. The summed E-state index contributed by atoms with van der Waals surface area (Å²) in [7, 11) is 0. The van der Waals surface area contributed by atoms with Crippen molar-refractivity contribution in [2.45, 2.75) is 32.6 Å². The summed E-state index contributed by atoms with van der Waals surface area (Å²) in [5, 5.41) is 8.80. The number of rotatable bonds is 5. The van der Waals surface area contributed by atoms with Crippen molar-refractivity contribution in [3.63, 3.8) is 0 Å². The van der Waals surface area contributed by atoms with E-state index in [4.69, 9.17) is 6.63 Å². The Kier molecular flexibility index (Phi) is 4.26. The minimum absolute atomic E-state index is 0.120. The van der Waals surface area contributed by atoms with Crippen LogP contribution in [0.4, 0.5) is 0 Å². The molecule has 0 spiro atoms. The molecular weight excluding hydrogens is 230 g/mol. The van der Waals surface area contributed by atoms with Crippen LogP contribution in [-0.2, 0) is 6.40 Å². The highest BCUT2D eigenvalue weighted by Gasteiger charge is 1.99. The summed E-state index contributed by atoms with van der Waals surface area (Å²) in [6.07, 6.45) is 3.04. The van der Waals surface area contributed by atoms with Crippen molar-refractivity contribution in [1.82, 2.24) is 0 Å². The van der Waals surface area contributed by atoms with E-state index in [1.54, 1.807) is 0 Å². The third kappa shape index (κ3) is 3.69. The van der Waals surface area contributed by atoms with Gasteiger partial charge in [-0.1, -0.05) is 56.2 Å². The summed E-state index contributed by atoms with van der Waals surface area (Å²) in [6.45, 7) is 2.15. The SMILES string of the molecule is [2H]C(CCCC)c1ccc(-c2ccc(C#N)cc2)cc1. The van der Waals surface area contributed by atoms with Gasteiger partial charge < -0.3 is 0 Å². The first kappa shape index (κ1) is 12.0. The average molecular weight is 250 g/mol. The van der Waals surface area contributed by atoms with Gasteiger partial charge in [-0.25, -0.2) is 0 Å². The van der Waals surface area contributed by atoms with Crippen molar-refractivity contribution in [1.29, 1.82) is 5.26 Å². The largest absolute Gasteiger partial charge is 0.192 e. The van der Waals surface area contributed by atoms with Crippen molar-refractivity contribution < 1.29 is 1.37 Å². The summed E-state index contributed by atoms with van der Waals surface area (Å²) in [5.41, 5.74) is 3.98. The van der Waals surface area contributed by atoms with Crippen LogP contribution < -0.4 is 0 Å². The van der Waals surface area contributed by atoms with Crippen molar-refractivity contribution in [3.8, 4) is 17.2 Å². The number of hydrogen-bond donors (Lipinski definition) is 0. The molecule has 2 aromatic rings. The monoisotopic (exact) mass is 250 g/mol. The second kappa shape index (κ2) is 6.75. The van der Waals surface area contributed by atoms with Gasteiger partial charge in [0.2, 0.25) is 0 Å². The number of unbranched alkanes of at least 4 members (excludes halogenated alkanes) is 1. The molecule has 0 aromatic heterocycles. The molecule has 1 nitrogen and oxygen atoms in total. The number of benzene rings is 2. The molecule has 0 N–H and O–H groups in total. The van der Waals surface area contributed by atoms with E-state index in [2.05, 4.69) is 25.1 Å². The zero-order chi connectivity index (χ0) is 14.4. The quantitative estimate of drug-likeness (QED) is 0.736. The molecule has 0 fully saturated rings. The molecule has 2 aromatic carbocycles.